The predicted octanol–water partition coefficient (Wildman–Crippen LogP) is 2.25. The number of nitrogens with zero attached hydrogens (tertiary/aromatic N) is 4. The fraction of sp³-hybridized carbons (Fsp3) is 0.455. The fourth-order valence-electron chi connectivity index (χ4n) is 3.40. The van der Waals surface area contributed by atoms with Gasteiger partial charge in [0.25, 0.3) is 0 Å². The van der Waals surface area contributed by atoms with Gasteiger partial charge in [-0.05, 0) is 23.6 Å². The van der Waals surface area contributed by atoms with Crippen LogP contribution < -0.4 is 10.6 Å². The largest absolute Gasteiger partial charge is 0.368 e. The Balaban J connectivity index is 1.96. The van der Waals surface area contributed by atoms with Crippen molar-refractivity contribution in [2.45, 2.75) is 26.4 Å². The van der Waals surface area contributed by atoms with Crippen molar-refractivity contribution >= 4 is 17.8 Å². The molecule has 1 aromatic heterocycles. The molecule has 8 nitrogen and oxygen atoms in total. The van der Waals surface area contributed by atoms with Crippen molar-refractivity contribution in [1.82, 2.24) is 14.9 Å². The number of rotatable bonds is 6. The van der Waals surface area contributed by atoms with Gasteiger partial charge in [-0.25, -0.2) is 9.97 Å². The molecule has 2 amide bonds. The topological polar surface area (TPSA) is 102 Å². The van der Waals surface area contributed by atoms with Crippen LogP contribution in [0.1, 0.15) is 42.4 Å². The van der Waals surface area contributed by atoms with Gasteiger partial charge in [0.15, 0.2) is 0 Å². The van der Waals surface area contributed by atoms with Crippen LogP contribution in [0.3, 0.4) is 0 Å². The first-order chi connectivity index (χ1) is 14.3. The predicted molar refractivity (Wildman–Crippen MR) is 115 cm³/mol. The van der Waals surface area contributed by atoms with Crippen molar-refractivity contribution in [2.75, 3.05) is 38.7 Å². The Kier molecular flexibility index (Phi) is 6.66. The van der Waals surface area contributed by atoms with E-state index in [2.05, 4.69) is 4.98 Å². The third kappa shape index (κ3) is 4.94. The highest BCUT2D eigenvalue weighted by molar-refractivity contribution is 5.93. The lowest BCUT2D eigenvalue weighted by molar-refractivity contribution is -0.139. The van der Waals surface area contributed by atoms with Gasteiger partial charge in [0.2, 0.25) is 17.8 Å². The van der Waals surface area contributed by atoms with Crippen LogP contribution in [-0.2, 0) is 9.53 Å². The molecule has 1 aromatic carbocycles. The highest BCUT2D eigenvalue weighted by Gasteiger charge is 2.29. The summed E-state index contributed by atoms with van der Waals surface area (Å²) in [7, 11) is 3.75. The molecule has 0 aliphatic carbocycles. The number of benzene rings is 1. The van der Waals surface area contributed by atoms with Gasteiger partial charge in [0.05, 0.1) is 18.8 Å². The number of carbonyl (C=O) groups excluding carboxylic acids is 2. The molecule has 2 N–H and O–H groups in total. The molecule has 160 valence electrons. The fourth-order valence-corrected chi connectivity index (χ4v) is 3.40. The molecule has 0 radical (unpaired) electrons. The summed E-state index contributed by atoms with van der Waals surface area (Å²) in [4.78, 5) is 36.9. The maximum atomic E-state index is 12.6. The van der Waals surface area contributed by atoms with Crippen molar-refractivity contribution in [3.63, 3.8) is 0 Å². The van der Waals surface area contributed by atoms with Crippen molar-refractivity contribution in [3.8, 4) is 11.1 Å². The minimum Gasteiger partial charge on any atom is -0.368 e. The van der Waals surface area contributed by atoms with Gasteiger partial charge in [-0.1, -0.05) is 26.0 Å². The van der Waals surface area contributed by atoms with Crippen molar-refractivity contribution < 1.29 is 14.3 Å². The first-order valence-electron chi connectivity index (χ1n) is 10.1. The van der Waals surface area contributed by atoms with Crippen molar-refractivity contribution in [3.05, 3.63) is 41.7 Å². The Morgan fingerprint density at radius 3 is 2.57 bits per heavy atom. The second-order valence-electron chi connectivity index (χ2n) is 8.10. The van der Waals surface area contributed by atoms with E-state index in [1.807, 2.05) is 49.9 Å². The van der Waals surface area contributed by atoms with E-state index >= 15 is 0 Å². The number of anilines is 1. The van der Waals surface area contributed by atoms with E-state index in [0.717, 1.165) is 16.8 Å². The number of primary amides is 1. The molecule has 1 fully saturated rings. The third-order valence-electron chi connectivity index (χ3n) is 4.99. The summed E-state index contributed by atoms with van der Waals surface area (Å²) in [6.45, 7) is 5.56. The number of hydrogen-bond donors (Lipinski definition) is 1. The summed E-state index contributed by atoms with van der Waals surface area (Å²) >= 11 is 0. The van der Waals surface area contributed by atoms with Crippen molar-refractivity contribution in [1.29, 1.82) is 0 Å². The SMILES string of the molecule is CC(C)CC(=O)N1CCOC(c2nc(N(C)C)ncc2-c2ccc(C(N)=O)cc2)C1. The number of amides is 2. The van der Waals surface area contributed by atoms with Gasteiger partial charge in [-0.3, -0.25) is 9.59 Å². The van der Waals surface area contributed by atoms with Gasteiger partial charge in [-0.2, -0.15) is 0 Å². The van der Waals surface area contributed by atoms with E-state index in [0.29, 0.717) is 43.5 Å². The molecule has 30 heavy (non-hydrogen) atoms. The average Bonchev–Trinajstić information content (AvgIpc) is 2.73. The van der Waals surface area contributed by atoms with E-state index in [4.69, 9.17) is 15.5 Å². The molecule has 1 unspecified atom stereocenters. The highest BCUT2D eigenvalue weighted by Crippen LogP contribution is 2.32. The zero-order valence-corrected chi connectivity index (χ0v) is 18.0. The Bertz CT molecular complexity index is 911. The zero-order chi connectivity index (χ0) is 21.8. The van der Waals surface area contributed by atoms with Gasteiger partial charge in [0, 0.05) is 44.4 Å². The number of morpholine rings is 1. The molecule has 3 rings (SSSR count). The Labute approximate surface area is 177 Å². The van der Waals surface area contributed by atoms with Crippen LogP contribution in [0.15, 0.2) is 30.5 Å². The normalized spacial score (nSPS) is 16.6. The molecule has 0 bridgehead atoms. The summed E-state index contributed by atoms with van der Waals surface area (Å²) in [6, 6.07) is 7.01. The zero-order valence-electron chi connectivity index (χ0n) is 18.0. The molecule has 2 heterocycles. The van der Waals surface area contributed by atoms with Crippen LogP contribution in [-0.4, -0.2) is 60.5 Å². The monoisotopic (exact) mass is 411 g/mol. The summed E-state index contributed by atoms with van der Waals surface area (Å²) in [5.74, 6) is 0.526. The Morgan fingerprint density at radius 1 is 1.27 bits per heavy atom. The van der Waals surface area contributed by atoms with Gasteiger partial charge in [0.1, 0.15) is 6.10 Å². The van der Waals surface area contributed by atoms with Crippen LogP contribution in [0, 0.1) is 5.92 Å². The van der Waals surface area contributed by atoms with Gasteiger partial charge in [-0.15, -0.1) is 0 Å². The molecule has 1 atom stereocenters. The Hall–Kier alpha value is -3.00. The molecule has 0 saturated carbocycles. The summed E-state index contributed by atoms with van der Waals surface area (Å²) in [5, 5.41) is 0. The number of hydrogen-bond acceptors (Lipinski definition) is 6. The van der Waals surface area contributed by atoms with Crippen LogP contribution >= 0.6 is 0 Å². The van der Waals surface area contributed by atoms with E-state index in [-0.39, 0.29) is 12.0 Å². The molecule has 1 aliphatic rings. The average molecular weight is 412 g/mol. The molecular formula is C22H29N5O3. The lowest BCUT2D eigenvalue weighted by Gasteiger charge is -2.34. The smallest absolute Gasteiger partial charge is 0.248 e. The second kappa shape index (κ2) is 9.21. The number of carbonyl (C=O) groups is 2. The van der Waals surface area contributed by atoms with Crippen LogP contribution in [0.5, 0.6) is 0 Å². The molecule has 1 aliphatic heterocycles. The highest BCUT2D eigenvalue weighted by atomic mass is 16.5. The maximum Gasteiger partial charge on any atom is 0.248 e. The number of nitrogens with two attached hydrogens (primary N) is 1. The van der Waals surface area contributed by atoms with Crippen LogP contribution in [0.25, 0.3) is 11.1 Å². The second-order valence-corrected chi connectivity index (χ2v) is 8.10. The molecule has 1 saturated heterocycles. The lowest BCUT2D eigenvalue weighted by atomic mass is 10.00. The summed E-state index contributed by atoms with van der Waals surface area (Å²) in [5.41, 5.74) is 8.18. The van der Waals surface area contributed by atoms with E-state index in [9.17, 15) is 9.59 Å². The molecule has 0 spiro atoms. The first kappa shape index (κ1) is 21.7. The minimum atomic E-state index is -0.476. The summed E-state index contributed by atoms with van der Waals surface area (Å²) < 4.78 is 6.03. The van der Waals surface area contributed by atoms with Gasteiger partial charge >= 0.3 is 0 Å². The van der Waals surface area contributed by atoms with Crippen molar-refractivity contribution in [2.24, 2.45) is 11.7 Å². The van der Waals surface area contributed by atoms with Crippen LogP contribution in [0.2, 0.25) is 0 Å². The standard InChI is InChI=1S/C22H29N5O3/c1-14(2)11-19(28)27-9-10-30-18(13-27)20-17(12-24-22(25-20)26(3)4)15-5-7-16(8-6-15)21(23)29/h5-8,12,14,18H,9-11,13H2,1-4H3,(H2,23,29). The van der Waals surface area contributed by atoms with E-state index in [1.54, 1.807) is 18.3 Å². The minimum absolute atomic E-state index is 0.132. The molecular weight excluding hydrogens is 382 g/mol. The maximum absolute atomic E-state index is 12.6. The molecule has 8 heteroatoms. The Morgan fingerprint density at radius 2 is 1.97 bits per heavy atom. The lowest BCUT2D eigenvalue weighted by Crippen LogP contribution is -2.43. The third-order valence-corrected chi connectivity index (χ3v) is 4.99. The number of ether oxygens (including phenoxy) is 1. The van der Waals surface area contributed by atoms with Gasteiger partial charge < -0.3 is 20.3 Å². The summed E-state index contributed by atoms with van der Waals surface area (Å²) in [6.07, 6.45) is 1.91. The quantitative estimate of drug-likeness (QED) is 0.782. The first-order valence-corrected chi connectivity index (χ1v) is 10.1. The van der Waals surface area contributed by atoms with E-state index in [1.165, 1.54) is 0 Å². The number of aromatic nitrogens is 2. The molecule has 2 aromatic rings. The van der Waals surface area contributed by atoms with Crippen LogP contribution in [0.4, 0.5) is 5.95 Å². The van der Waals surface area contributed by atoms with E-state index < -0.39 is 5.91 Å².